The van der Waals surface area contributed by atoms with Crippen molar-refractivity contribution in [2.75, 3.05) is 13.2 Å². The lowest BCUT2D eigenvalue weighted by atomic mass is 10.0. The van der Waals surface area contributed by atoms with Crippen LogP contribution in [0.2, 0.25) is 0 Å². The minimum atomic E-state index is -1.28. The topological polar surface area (TPSA) is 102 Å². The van der Waals surface area contributed by atoms with E-state index in [-0.39, 0.29) is 13.0 Å². The van der Waals surface area contributed by atoms with Gasteiger partial charge in [0.15, 0.2) is 0 Å². The van der Waals surface area contributed by atoms with Gasteiger partial charge in [-0.2, -0.15) is 0 Å². The van der Waals surface area contributed by atoms with Crippen LogP contribution in [0.25, 0.3) is 0 Å². The lowest BCUT2D eigenvalue weighted by Gasteiger charge is -2.21. The maximum absolute atomic E-state index is 11.4. The molecule has 0 aliphatic carbocycles. The minimum Gasteiger partial charge on any atom is -0.450 e. The molecule has 2 N–H and O–H groups in total. The Hall–Kier alpha value is -2.15. The van der Waals surface area contributed by atoms with Gasteiger partial charge in [0.2, 0.25) is 6.54 Å². The second-order valence-corrected chi connectivity index (χ2v) is 4.24. The molecule has 0 aromatic heterocycles. The first-order valence-corrected chi connectivity index (χ1v) is 6.30. The molecule has 0 aliphatic rings. The van der Waals surface area contributed by atoms with Gasteiger partial charge in [-0.3, -0.25) is 10.1 Å². The molecule has 0 fully saturated rings. The van der Waals surface area contributed by atoms with Crippen molar-refractivity contribution in [2.45, 2.75) is 25.5 Å². The van der Waals surface area contributed by atoms with E-state index in [1.807, 2.05) is 30.3 Å². The van der Waals surface area contributed by atoms with Crippen molar-refractivity contribution in [1.29, 1.82) is 0 Å². The number of hydrogen-bond donors (Lipinski definition) is 2. The SMILES string of the molecule is CCOC(=O)NC(Cc1ccccc1)C(O)C[N+](=O)[O-]. The molecule has 0 aliphatic heterocycles. The van der Waals surface area contributed by atoms with Gasteiger partial charge in [0.05, 0.1) is 12.6 Å². The molecule has 0 bridgehead atoms. The summed E-state index contributed by atoms with van der Waals surface area (Å²) in [5.41, 5.74) is 0.858. The third-order valence-corrected chi connectivity index (χ3v) is 2.68. The molecule has 0 radical (unpaired) electrons. The monoisotopic (exact) mass is 282 g/mol. The van der Waals surface area contributed by atoms with Gasteiger partial charge in [-0.25, -0.2) is 4.79 Å². The molecule has 0 spiro atoms. The van der Waals surface area contributed by atoms with Crippen LogP contribution in [0.15, 0.2) is 30.3 Å². The Morgan fingerprint density at radius 2 is 2.10 bits per heavy atom. The highest BCUT2D eigenvalue weighted by molar-refractivity contribution is 5.67. The second-order valence-electron chi connectivity index (χ2n) is 4.24. The summed E-state index contributed by atoms with van der Waals surface area (Å²) in [7, 11) is 0. The van der Waals surface area contributed by atoms with Crippen molar-refractivity contribution < 1.29 is 19.6 Å². The van der Waals surface area contributed by atoms with Crippen LogP contribution in [0.3, 0.4) is 0 Å². The average Bonchev–Trinajstić information content (AvgIpc) is 2.38. The van der Waals surface area contributed by atoms with E-state index in [1.54, 1.807) is 6.92 Å². The van der Waals surface area contributed by atoms with Crippen LogP contribution < -0.4 is 5.32 Å². The van der Waals surface area contributed by atoms with Crippen molar-refractivity contribution in [3.63, 3.8) is 0 Å². The second kappa shape index (κ2) is 8.11. The predicted octanol–water partition coefficient (Wildman–Crippen LogP) is 0.981. The Bertz CT molecular complexity index is 438. The molecule has 1 aromatic carbocycles. The fourth-order valence-electron chi connectivity index (χ4n) is 1.76. The van der Waals surface area contributed by atoms with Crippen molar-refractivity contribution in [3.8, 4) is 0 Å². The molecule has 7 nitrogen and oxygen atoms in total. The molecule has 1 rings (SSSR count). The van der Waals surface area contributed by atoms with Crippen LogP contribution in [0.1, 0.15) is 12.5 Å². The number of carbonyl (C=O) groups excluding carboxylic acids is 1. The maximum atomic E-state index is 11.4. The average molecular weight is 282 g/mol. The number of ether oxygens (including phenoxy) is 1. The van der Waals surface area contributed by atoms with Crippen molar-refractivity contribution in [1.82, 2.24) is 5.32 Å². The Balaban J connectivity index is 2.72. The minimum absolute atomic E-state index is 0.190. The summed E-state index contributed by atoms with van der Waals surface area (Å²) in [6.45, 7) is 1.21. The number of hydrogen-bond acceptors (Lipinski definition) is 5. The van der Waals surface area contributed by atoms with Crippen molar-refractivity contribution in [3.05, 3.63) is 46.0 Å². The van der Waals surface area contributed by atoms with Gasteiger partial charge in [0.25, 0.3) is 0 Å². The molecule has 0 saturated carbocycles. The number of nitro groups is 1. The van der Waals surface area contributed by atoms with Crippen LogP contribution in [0.4, 0.5) is 4.79 Å². The summed E-state index contributed by atoms with van der Waals surface area (Å²) in [5, 5.41) is 22.8. The van der Waals surface area contributed by atoms with Gasteiger partial charge in [-0.05, 0) is 18.9 Å². The van der Waals surface area contributed by atoms with Crippen LogP contribution >= 0.6 is 0 Å². The van der Waals surface area contributed by atoms with Gasteiger partial charge < -0.3 is 15.2 Å². The van der Waals surface area contributed by atoms with E-state index in [4.69, 9.17) is 4.74 Å². The molecule has 0 saturated heterocycles. The fraction of sp³-hybridized carbons (Fsp3) is 0.462. The van der Waals surface area contributed by atoms with Gasteiger partial charge in [-0.15, -0.1) is 0 Å². The quantitative estimate of drug-likeness (QED) is 0.573. The first-order valence-electron chi connectivity index (χ1n) is 6.30. The molecule has 1 amide bonds. The molecule has 0 heterocycles. The highest BCUT2D eigenvalue weighted by Crippen LogP contribution is 2.07. The number of aliphatic hydroxyl groups is 1. The summed E-state index contributed by atoms with van der Waals surface area (Å²) in [6.07, 6.45) is -1.69. The lowest BCUT2D eigenvalue weighted by Crippen LogP contribution is -2.47. The van der Waals surface area contributed by atoms with Gasteiger partial charge in [0, 0.05) is 4.92 Å². The molecular formula is C13H18N2O5. The first kappa shape index (κ1) is 15.9. The zero-order chi connectivity index (χ0) is 15.0. The van der Waals surface area contributed by atoms with E-state index >= 15 is 0 Å². The molecule has 1 aromatic rings. The van der Waals surface area contributed by atoms with E-state index in [9.17, 15) is 20.0 Å². The Morgan fingerprint density at radius 3 is 2.65 bits per heavy atom. The Labute approximate surface area is 116 Å². The number of nitrogens with one attached hydrogen (secondary N) is 1. The van der Waals surface area contributed by atoms with E-state index < -0.39 is 29.7 Å². The standard InChI is InChI=1S/C13H18N2O5/c1-2-20-13(17)14-11(12(16)9-15(18)19)8-10-6-4-3-5-7-10/h3-7,11-12,16H,2,8-9H2,1H3,(H,14,17). The molecule has 110 valence electrons. The van der Waals surface area contributed by atoms with Crippen molar-refractivity contribution >= 4 is 6.09 Å². The number of amides is 1. The number of nitrogens with zero attached hydrogens (tertiary/aromatic N) is 1. The Kier molecular flexibility index (Phi) is 6.45. The predicted molar refractivity (Wildman–Crippen MR) is 72.0 cm³/mol. The van der Waals surface area contributed by atoms with E-state index in [0.717, 1.165) is 5.56 Å². The van der Waals surface area contributed by atoms with Crippen molar-refractivity contribution in [2.24, 2.45) is 0 Å². The zero-order valence-corrected chi connectivity index (χ0v) is 11.2. The molecule has 2 atom stereocenters. The van der Waals surface area contributed by atoms with Crippen LogP contribution in [0.5, 0.6) is 0 Å². The molecule has 7 heteroatoms. The highest BCUT2D eigenvalue weighted by atomic mass is 16.6. The van der Waals surface area contributed by atoms with E-state index in [2.05, 4.69) is 5.32 Å². The van der Waals surface area contributed by atoms with E-state index in [1.165, 1.54) is 0 Å². The lowest BCUT2D eigenvalue weighted by molar-refractivity contribution is -0.491. The molecule has 20 heavy (non-hydrogen) atoms. The third-order valence-electron chi connectivity index (χ3n) is 2.68. The van der Waals surface area contributed by atoms with E-state index in [0.29, 0.717) is 0 Å². The summed E-state index contributed by atoms with van der Waals surface area (Å²) in [6, 6.07) is 8.33. The summed E-state index contributed by atoms with van der Waals surface area (Å²) in [4.78, 5) is 21.3. The zero-order valence-electron chi connectivity index (χ0n) is 11.2. The number of rotatable bonds is 7. The summed E-state index contributed by atoms with van der Waals surface area (Å²) in [5.74, 6) is 0. The van der Waals surface area contributed by atoms with Gasteiger partial charge >= 0.3 is 6.09 Å². The summed E-state index contributed by atoms with van der Waals surface area (Å²) >= 11 is 0. The van der Waals surface area contributed by atoms with Gasteiger partial charge in [0.1, 0.15) is 6.10 Å². The molecular weight excluding hydrogens is 264 g/mol. The van der Waals surface area contributed by atoms with Gasteiger partial charge in [-0.1, -0.05) is 30.3 Å². The normalized spacial score (nSPS) is 13.3. The largest absolute Gasteiger partial charge is 0.450 e. The number of aliphatic hydroxyl groups excluding tert-OH is 1. The fourth-order valence-corrected chi connectivity index (χ4v) is 1.76. The molecule has 2 unspecified atom stereocenters. The number of benzene rings is 1. The highest BCUT2D eigenvalue weighted by Gasteiger charge is 2.26. The number of carbonyl (C=O) groups is 1. The van der Waals surface area contributed by atoms with Crippen LogP contribution in [0, 0.1) is 10.1 Å². The smallest absolute Gasteiger partial charge is 0.407 e. The third kappa shape index (κ3) is 5.66. The van der Waals surface area contributed by atoms with Crippen LogP contribution in [-0.4, -0.2) is 41.4 Å². The van der Waals surface area contributed by atoms with Crippen LogP contribution in [-0.2, 0) is 11.2 Å². The first-order chi connectivity index (χ1) is 9.52. The Morgan fingerprint density at radius 1 is 1.45 bits per heavy atom. The number of alkyl carbamates (subject to hydrolysis) is 1. The maximum Gasteiger partial charge on any atom is 0.407 e. The summed E-state index contributed by atoms with van der Waals surface area (Å²) < 4.78 is 4.73.